The van der Waals surface area contributed by atoms with Crippen LogP contribution in [0.3, 0.4) is 0 Å². The number of anilines is 1. The number of nitrogens with one attached hydrogen (secondary N) is 1. The first-order valence-electron chi connectivity index (χ1n) is 7.40. The van der Waals surface area contributed by atoms with Crippen molar-refractivity contribution in [2.24, 2.45) is 0 Å². The van der Waals surface area contributed by atoms with E-state index >= 15 is 0 Å². The first kappa shape index (κ1) is 15.8. The summed E-state index contributed by atoms with van der Waals surface area (Å²) in [5.41, 5.74) is 0.103. The molecule has 1 aromatic rings. The second kappa shape index (κ2) is 7.45. The molecule has 0 spiro atoms. The van der Waals surface area contributed by atoms with Crippen LogP contribution in [0.4, 0.5) is 5.69 Å². The second-order valence-corrected chi connectivity index (χ2v) is 5.57. The lowest BCUT2D eigenvalue weighted by atomic mass is 10.3. The summed E-state index contributed by atoms with van der Waals surface area (Å²) in [6.45, 7) is 4.37. The normalized spacial score (nSPS) is 14.5. The molecule has 1 aliphatic rings. The van der Waals surface area contributed by atoms with E-state index in [1.165, 1.54) is 10.9 Å². The van der Waals surface area contributed by atoms with Gasteiger partial charge in [-0.05, 0) is 19.3 Å². The summed E-state index contributed by atoms with van der Waals surface area (Å²) < 4.78 is 1.36. The number of aromatic nitrogens is 2. The number of hydrogen-bond acceptors (Lipinski definition) is 4. The number of carbonyl (C=O) groups excluding carboxylic acids is 1. The lowest BCUT2D eigenvalue weighted by Crippen LogP contribution is -2.33. The van der Waals surface area contributed by atoms with E-state index in [4.69, 9.17) is 11.6 Å². The van der Waals surface area contributed by atoms with Gasteiger partial charge in [-0.25, -0.2) is 4.68 Å². The molecule has 21 heavy (non-hydrogen) atoms. The van der Waals surface area contributed by atoms with Crippen LogP contribution in [0.2, 0.25) is 5.02 Å². The molecule has 1 aliphatic heterocycles. The Morgan fingerprint density at radius 2 is 2.14 bits per heavy atom. The van der Waals surface area contributed by atoms with Crippen LogP contribution in [0.5, 0.6) is 0 Å². The number of nitrogens with zero attached hydrogens (tertiary/aromatic N) is 3. The van der Waals surface area contributed by atoms with Crippen molar-refractivity contribution in [3.63, 3.8) is 0 Å². The van der Waals surface area contributed by atoms with Gasteiger partial charge in [0.05, 0.1) is 18.4 Å². The molecule has 1 saturated heterocycles. The van der Waals surface area contributed by atoms with Crippen molar-refractivity contribution in [1.29, 1.82) is 0 Å². The lowest BCUT2D eigenvalue weighted by molar-refractivity contribution is -0.128. The SMILES string of the molecule is CCCCn1ncc(NCC(=O)N2CCCC2)c(Cl)c1=O. The molecular weight excluding hydrogens is 292 g/mol. The molecule has 1 fully saturated rings. The summed E-state index contributed by atoms with van der Waals surface area (Å²) >= 11 is 6.06. The van der Waals surface area contributed by atoms with E-state index in [-0.39, 0.29) is 23.0 Å². The molecule has 0 saturated carbocycles. The van der Waals surface area contributed by atoms with Crippen LogP contribution >= 0.6 is 11.6 Å². The summed E-state index contributed by atoms with van der Waals surface area (Å²) in [7, 11) is 0. The van der Waals surface area contributed by atoms with E-state index in [1.807, 2.05) is 11.8 Å². The fourth-order valence-corrected chi connectivity index (χ4v) is 2.52. The van der Waals surface area contributed by atoms with Gasteiger partial charge in [0.15, 0.2) is 0 Å². The fraction of sp³-hybridized carbons (Fsp3) is 0.643. The van der Waals surface area contributed by atoms with Crippen molar-refractivity contribution in [2.75, 3.05) is 25.0 Å². The van der Waals surface area contributed by atoms with Gasteiger partial charge in [0.2, 0.25) is 5.91 Å². The van der Waals surface area contributed by atoms with Crippen molar-refractivity contribution in [3.8, 4) is 0 Å². The lowest BCUT2D eigenvalue weighted by Gasteiger charge is -2.16. The average molecular weight is 313 g/mol. The maximum Gasteiger partial charge on any atom is 0.287 e. The number of amides is 1. The summed E-state index contributed by atoms with van der Waals surface area (Å²) in [6, 6.07) is 0. The highest BCUT2D eigenvalue weighted by molar-refractivity contribution is 6.33. The van der Waals surface area contributed by atoms with Gasteiger partial charge in [0.1, 0.15) is 5.02 Å². The highest BCUT2D eigenvalue weighted by Crippen LogP contribution is 2.15. The topological polar surface area (TPSA) is 67.2 Å². The standard InChI is InChI=1S/C14H21ClN4O2/c1-2-3-8-19-14(21)13(15)11(9-17-19)16-10-12(20)18-6-4-5-7-18/h9,16H,2-8,10H2,1H3. The smallest absolute Gasteiger partial charge is 0.287 e. The molecule has 7 heteroatoms. The molecule has 0 radical (unpaired) electrons. The molecule has 2 rings (SSSR count). The summed E-state index contributed by atoms with van der Waals surface area (Å²) in [5, 5.41) is 7.09. The molecule has 1 aromatic heterocycles. The zero-order chi connectivity index (χ0) is 15.2. The summed E-state index contributed by atoms with van der Waals surface area (Å²) in [6.07, 6.45) is 5.49. The number of hydrogen-bond donors (Lipinski definition) is 1. The minimum atomic E-state index is -0.316. The molecule has 0 unspecified atom stereocenters. The monoisotopic (exact) mass is 312 g/mol. The molecule has 0 atom stereocenters. The first-order valence-corrected chi connectivity index (χ1v) is 7.78. The van der Waals surface area contributed by atoms with Crippen LogP contribution in [-0.4, -0.2) is 40.2 Å². The predicted molar refractivity (Wildman–Crippen MR) is 82.7 cm³/mol. The van der Waals surface area contributed by atoms with E-state index in [2.05, 4.69) is 10.4 Å². The van der Waals surface area contributed by atoms with Crippen molar-refractivity contribution in [1.82, 2.24) is 14.7 Å². The Kier molecular flexibility index (Phi) is 5.61. The summed E-state index contributed by atoms with van der Waals surface area (Å²) in [4.78, 5) is 25.8. The van der Waals surface area contributed by atoms with E-state index < -0.39 is 0 Å². The van der Waals surface area contributed by atoms with Crippen LogP contribution < -0.4 is 10.9 Å². The van der Waals surface area contributed by atoms with Gasteiger partial charge in [0.25, 0.3) is 5.56 Å². The number of carbonyl (C=O) groups is 1. The summed E-state index contributed by atoms with van der Waals surface area (Å²) in [5.74, 6) is 0.0266. The molecule has 2 heterocycles. The maximum atomic E-state index is 12.0. The van der Waals surface area contributed by atoms with Gasteiger partial charge in [0, 0.05) is 19.6 Å². The van der Waals surface area contributed by atoms with Gasteiger partial charge >= 0.3 is 0 Å². The second-order valence-electron chi connectivity index (χ2n) is 5.20. The number of aryl methyl sites for hydroxylation is 1. The van der Waals surface area contributed by atoms with E-state index in [9.17, 15) is 9.59 Å². The predicted octanol–water partition coefficient (Wildman–Crippen LogP) is 1.73. The minimum absolute atomic E-state index is 0.0266. The molecular formula is C14H21ClN4O2. The van der Waals surface area contributed by atoms with Crippen molar-refractivity contribution >= 4 is 23.2 Å². The third-order valence-electron chi connectivity index (χ3n) is 3.60. The van der Waals surface area contributed by atoms with Gasteiger partial charge < -0.3 is 10.2 Å². The average Bonchev–Trinajstić information content (AvgIpc) is 3.02. The molecule has 1 N–H and O–H groups in total. The van der Waals surface area contributed by atoms with Crippen LogP contribution in [0.1, 0.15) is 32.6 Å². The number of halogens is 1. The fourth-order valence-electron chi connectivity index (χ4n) is 2.30. The zero-order valence-electron chi connectivity index (χ0n) is 12.3. The van der Waals surface area contributed by atoms with E-state index in [0.29, 0.717) is 12.2 Å². The molecule has 0 bridgehead atoms. The van der Waals surface area contributed by atoms with Crippen LogP contribution in [0.25, 0.3) is 0 Å². The van der Waals surface area contributed by atoms with Gasteiger partial charge in [-0.3, -0.25) is 9.59 Å². The molecule has 0 aliphatic carbocycles. The number of unbranched alkanes of at least 4 members (excludes halogenated alkanes) is 1. The number of rotatable bonds is 6. The Morgan fingerprint density at radius 1 is 1.43 bits per heavy atom. The van der Waals surface area contributed by atoms with Gasteiger partial charge in [-0.1, -0.05) is 24.9 Å². The third kappa shape index (κ3) is 3.97. The van der Waals surface area contributed by atoms with Crippen molar-refractivity contribution < 1.29 is 4.79 Å². The highest BCUT2D eigenvalue weighted by atomic mass is 35.5. The van der Waals surface area contributed by atoms with Crippen LogP contribution in [0, 0.1) is 0 Å². The minimum Gasteiger partial charge on any atom is -0.373 e. The Labute approximate surface area is 129 Å². The van der Waals surface area contributed by atoms with Crippen molar-refractivity contribution in [3.05, 3.63) is 21.6 Å². The largest absolute Gasteiger partial charge is 0.373 e. The molecule has 6 nitrogen and oxygen atoms in total. The highest BCUT2D eigenvalue weighted by Gasteiger charge is 2.18. The molecule has 0 aromatic carbocycles. The Morgan fingerprint density at radius 3 is 2.81 bits per heavy atom. The third-order valence-corrected chi connectivity index (χ3v) is 3.96. The molecule has 116 valence electrons. The zero-order valence-corrected chi connectivity index (χ0v) is 13.0. The maximum absolute atomic E-state index is 12.0. The molecule has 1 amide bonds. The van der Waals surface area contributed by atoms with Crippen LogP contribution in [0.15, 0.2) is 11.0 Å². The Bertz CT molecular complexity index is 552. The van der Waals surface area contributed by atoms with Gasteiger partial charge in [-0.2, -0.15) is 5.10 Å². The van der Waals surface area contributed by atoms with Crippen molar-refractivity contribution in [2.45, 2.75) is 39.2 Å². The van der Waals surface area contributed by atoms with E-state index in [0.717, 1.165) is 38.8 Å². The van der Waals surface area contributed by atoms with Gasteiger partial charge in [-0.15, -0.1) is 0 Å². The first-order chi connectivity index (χ1) is 10.1. The Balaban J connectivity index is 1.98. The van der Waals surface area contributed by atoms with Crippen LogP contribution in [-0.2, 0) is 11.3 Å². The quantitative estimate of drug-likeness (QED) is 0.868. The Hall–Kier alpha value is -1.56. The van der Waals surface area contributed by atoms with E-state index in [1.54, 1.807) is 0 Å². The number of likely N-dealkylation sites (tertiary alicyclic amines) is 1.